The Hall–Kier alpha value is -2.93. The predicted molar refractivity (Wildman–Crippen MR) is 94.6 cm³/mol. The summed E-state index contributed by atoms with van der Waals surface area (Å²) in [4.78, 5) is 18.0. The number of hydrogen-bond donors (Lipinski definition) is 1. The summed E-state index contributed by atoms with van der Waals surface area (Å²) in [5.74, 6) is 0.0433. The quantitative estimate of drug-likeness (QED) is 0.726. The van der Waals surface area contributed by atoms with E-state index < -0.39 is 5.97 Å². The number of carbonyl (C=O) groups is 1. The Morgan fingerprint density at radius 3 is 2.88 bits per heavy atom. The highest BCUT2D eigenvalue weighted by molar-refractivity contribution is 5.86. The van der Waals surface area contributed by atoms with Crippen LogP contribution >= 0.6 is 0 Å². The summed E-state index contributed by atoms with van der Waals surface area (Å²) in [5.41, 5.74) is 4.84. The van der Waals surface area contributed by atoms with Gasteiger partial charge in [-0.25, -0.2) is 9.78 Å². The first kappa shape index (κ1) is 16.5. The lowest BCUT2D eigenvalue weighted by Gasteiger charge is -2.17. The maximum Gasteiger partial charge on any atom is 0.360 e. The van der Waals surface area contributed by atoms with Crippen molar-refractivity contribution in [3.63, 3.8) is 0 Å². The molecule has 3 aromatic rings. The van der Waals surface area contributed by atoms with E-state index in [-0.39, 0.29) is 5.69 Å². The molecule has 26 heavy (non-hydrogen) atoms. The van der Waals surface area contributed by atoms with Crippen LogP contribution in [0.25, 0.3) is 11.3 Å². The van der Waals surface area contributed by atoms with Gasteiger partial charge >= 0.3 is 5.97 Å². The Labute approximate surface area is 151 Å². The molecule has 0 atom stereocenters. The number of fused-ring (bicyclic) bond motifs is 1. The third kappa shape index (κ3) is 3.25. The van der Waals surface area contributed by atoms with Crippen molar-refractivity contribution in [1.29, 1.82) is 0 Å². The van der Waals surface area contributed by atoms with Crippen LogP contribution in [-0.2, 0) is 24.1 Å². The SMILES string of the molecule is COC(=O)c1coc(CN2CCc3[nH]nc(-c4ccccc4)c3CC2)n1. The van der Waals surface area contributed by atoms with Gasteiger partial charge < -0.3 is 9.15 Å². The molecule has 0 saturated carbocycles. The number of hydrogen-bond acceptors (Lipinski definition) is 6. The number of benzene rings is 1. The van der Waals surface area contributed by atoms with E-state index in [4.69, 9.17) is 4.42 Å². The molecule has 0 saturated heterocycles. The average molecular weight is 352 g/mol. The van der Waals surface area contributed by atoms with Gasteiger partial charge in [-0.1, -0.05) is 30.3 Å². The number of ether oxygens (including phenoxy) is 1. The third-order valence-electron chi connectivity index (χ3n) is 4.66. The lowest BCUT2D eigenvalue weighted by atomic mass is 10.0. The van der Waals surface area contributed by atoms with Gasteiger partial charge in [0.05, 0.1) is 19.3 Å². The zero-order valence-corrected chi connectivity index (χ0v) is 14.6. The van der Waals surface area contributed by atoms with E-state index in [0.717, 1.165) is 37.2 Å². The standard InChI is InChI=1S/C19H20N4O3/c1-25-19(24)16-12-26-17(20-16)11-23-9-7-14-15(8-10-23)21-22-18(14)13-5-3-2-4-6-13/h2-6,12H,7-11H2,1H3,(H,21,22). The molecule has 0 spiro atoms. The normalized spacial score (nSPS) is 14.7. The van der Waals surface area contributed by atoms with Crippen LogP contribution in [0.15, 0.2) is 41.0 Å². The molecule has 3 heterocycles. The molecule has 0 radical (unpaired) electrons. The highest BCUT2D eigenvalue weighted by atomic mass is 16.5. The highest BCUT2D eigenvalue weighted by Crippen LogP contribution is 2.26. The zero-order valence-electron chi connectivity index (χ0n) is 14.6. The van der Waals surface area contributed by atoms with Crippen LogP contribution in [0.1, 0.15) is 27.6 Å². The Morgan fingerprint density at radius 1 is 1.27 bits per heavy atom. The van der Waals surface area contributed by atoms with Crippen molar-refractivity contribution in [3.05, 3.63) is 59.4 Å². The molecule has 1 aliphatic rings. The maximum atomic E-state index is 11.5. The van der Waals surface area contributed by atoms with Gasteiger partial charge in [0, 0.05) is 36.3 Å². The summed E-state index contributed by atoms with van der Waals surface area (Å²) in [6.45, 7) is 2.32. The summed E-state index contributed by atoms with van der Waals surface area (Å²) in [5, 5.41) is 7.72. The van der Waals surface area contributed by atoms with Gasteiger partial charge in [-0.15, -0.1) is 0 Å². The molecule has 1 N–H and O–H groups in total. The number of nitrogens with zero attached hydrogens (tertiary/aromatic N) is 3. The van der Waals surface area contributed by atoms with E-state index in [9.17, 15) is 4.79 Å². The average Bonchev–Trinajstić information content (AvgIpc) is 3.26. The van der Waals surface area contributed by atoms with E-state index >= 15 is 0 Å². The number of H-pyrrole nitrogens is 1. The lowest BCUT2D eigenvalue weighted by Crippen LogP contribution is -2.26. The first-order valence-corrected chi connectivity index (χ1v) is 8.61. The van der Waals surface area contributed by atoms with Gasteiger partial charge in [0.1, 0.15) is 6.26 Å². The smallest absolute Gasteiger partial charge is 0.360 e. The van der Waals surface area contributed by atoms with Gasteiger partial charge in [-0.3, -0.25) is 10.00 Å². The molecule has 1 aromatic carbocycles. The second kappa shape index (κ2) is 7.13. The molecule has 7 nitrogen and oxygen atoms in total. The fourth-order valence-electron chi connectivity index (χ4n) is 3.30. The second-order valence-electron chi connectivity index (χ2n) is 6.29. The van der Waals surface area contributed by atoms with Crippen molar-refractivity contribution in [3.8, 4) is 11.3 Å². The van der Waals surface area contributed by atoms with Crippen LogP contribution in [0.5, 0.6) is 0 Å². The van der Waals surface area contributed by atoms with Crippen LogP contribution in [0.3, 0.4) is 0 Å². The summed E-state index contributed by atoms with van der Waals surface area (Å²) in [7, 11) is 1.33. The second-order valence-corrected chi connectivity index (χ2v) is 6.29. The Bertz CT molecular complexity index is 901. The number of oxazole rings is 1. The topological polar surface area (TPSA) is 84.2 Å². The van der Waals surface area contributed by atoms with Gasteiger partial charge in [-0.2, -0.15) is 5.10 Å². The van der Waals surface area contributed by atoms with E-state index in [2.05, 4.69) is 37.0 Å². The molecule has 134 valence electrons. The summed E-state index contributed by atoms with van der Waals surface area (Å²) in [6, 6.07) is 10.2. The Morgan fingerprint density at radius 2 is 2.08 bits per heavy atom. The van der Waals surface area contributed by atoms with Crippen LogP contribution in [0.4, 0.5) is 0 Å². The minimum absolute atomic E-state index is 0.207. The number of nitrogens with one attached hydrogen (secondary N) is 1. The number of methoxy groups -OCH3 is 1. The molecule has 0 aliphatic carbocycles. The molecule has 1 aliphatic heterocycles. The maximum absolute atomic E-state index is 11.5. The van der Waals surface area contributed by atoms with E-state index in [1.54, 1.807) is 0 Å². The number of esters is 1. The molecule has 0 fully saturated rings. The summed E-state index contributed by atoms with van der Waals surface area (Å²) >= 11 is 0. The first-order chi connectivity index (χ1) is 12.7. The number of aromatic amines is 1. The minimum atomic E-state index is -0.482. The molecule has 4 rings (SSSR count). The minimum Gasteiger partial charge on any atom is -0.464 e. The summed E-state index contributed by atoms with van der Waals surface area (Å²) < 4.78 is 10.1. The van der Waals surface area contributed by atoms with Crippen LogP contribution < -0.4 is 0 Å². The molecular weight excluding hydrogens is 332 g/mol. The molecule has 0 unspecified atom stereocenters. The van der Waals surface area contributed by atoms with Crippen molar-refractivity contribution in [2.24, 2.45) is 0 Å². The van der Waals surface area contributed by atoms with Crippen molar-refractivity contribution in [1.82, 2.24) is 20.1 Å². The Kier molecular flexibility index (Phi) is 4.53. The van der Waals surface area contributed by atoms with Crippen molar-refractivity contribution >= 4 is 5.97 Å². The van der Waals surface area contributed by atoms with Crippen LogP contribution in [0, 0.1) is 0 Å². The van der Waals surface area contributed by atoms with E-state index in [1.165, 1.54) is 24.6 Å². The highest BCUT2D eigenvalue weighted by Gasteiger charge is 2.22. The van der Waals surface area contributed by atoms with E-state index in [0.29, 0.717) is 12.4 Å². The predicted octanol–water partition coefficient (Wildman–Crippen LogP) is 2.45. The number of carbonyl (C=O) groups excluding carboxylic acids is 1. The van der Waals surface area contributed by atoms with Gasteiger partial charge in [-0.05, 0) is 6.42 Å². The van der Waals surface area contributed by atoms with E-state index in [1.807, 2.05) is 18.2 Å². The van der Waals surface area contributed by atoms with Gasteiger partial charge in [0.2, 0.25) is 5.89 Å². The molecule has 2 aromatic heterocycles. The zero-order chi connectivity index (χ0) is 17.9. The van der Waals surface area contributed by atoms with Crippen molar-refractivity contribution in [2.75, 3.05) is 20.2 Å². The number of aromatic nitrogens is 3. The van der Waals surface area contributed by atoms with Crippen molar-refractivity contribution in [2.45, 2.75) is 19.4 Å². The lowest BCUT2D eigenvalue weighted by molar-refractivity contribution is 0.0594. The molecular formula is C19H20N4O3. The third-order valence-corrected chi connectivity index (χ3v) is 4.66. The monoisotopic (exact) mass is 352 g/mol. The molecule has 0 bridgehead atoms. The number of rotatable bonds is 4. The van der Waals surface area contributed by atoms with Crippen molar-refractivity contribution < 1.29 is 13.9 Å². The van der Waals surface area contributed by atoms with Gasteiger partial charge in [0.25, 0.3) is 0 Å². The molecule has 7 heteroatoms. The first-order valence-electron chi connectivity index (χ1n) is 8.61. The fourth-order valence-corrected chi connectivity index (χ4v) is 3.30. The van der Waals surface area contributed by atoms with Gasteiger partial charge in [0.15, 0.2) is 5.69 Å². The van der Waals surface area contributed by atoms with Crippen LogP contribution in [0.2, 0.25) is 0 Å². The van der Waals surface area contributed by atoms with Crippen LogP contribution in [-0.4, -0.2) is 46.2 Å². The fraction of sp³-hybridized carbons (Fsp3) is 0.316. The Balaban J connectivity index is 1.46. The largest absolute Gasteiger partial charge is 0.464 e. The molecule has 0 amide bonds. The summed E-state index contributed by atoms with van der Waals surface area (Å²) in [6.07, 6.45) is 3.14.